The highest BCUT2D eigenvalue weighted by atomic mass is 127. The van der Waals surface area contributed by atoms with Crippen molar-refractivity contribution in [1.82, 2.24) is 14.3 Å². The molecule has 0 spiro atoms. The van der Waals surface area contributed by atoms with E-state index in [0.29, 0.717) is 19.3 Å². The monoisotopic (exact) mass is 628 g/mol. The number of hydrogen-bond donors (Lipinski definition) is 1. The SMILES string of the molecule is O=C(Nc1nc(OCc2ccc(F)cc2)ncc1F)c1snc(CI)c1CI. The van der Waals surface area contributed by atoms with Gasteiger partial charge in [0.25, 0.3) is 5.91 Å². The molecule has 2 heterocycles. The van der Waals surface area contributed by atoms with Crippen LogP contribution in [0.3, 0.4) is 0 Å². The topological polar surface area (TPSA) is 77.0 Å². The second kappa shape index (κ2) is 9.82. The Morgan fingerprint density at radius 3 is 2.61 bits per heavy atom. The molecule has 0 bridgehead atoms. The van der Waals surface area contributed by atoms with Gasteiger partial charge in [0.2, 0.25) is 0 Å². The number of halogens is 4. The summed E-state index contributed by atoms with van der Waals surface area (Å²) in [5, 5.41) is 2.45. The number of nitrogens with zero attached hydrogens (tertiary/aromatic N) is 3. The van der Waals surface area contributed by atoms with E-state index in [9.17, 15) is 13.6 Å². The molecule has 0 aliphatic heterocycles. The Balaban J connectivity index is 1.73. The number of hydrogen-bond acceptors (Lipinski definition) is 6. The van der Waals surface area contributed by atoms with Gasteiger partial charge in [0.15, 0.2) is 11.6 Å². The summed E-state index contributed by atoms with van der Waals surface area (Å²) in [6, 6.07) is 5.62. The first kappa shape index (κ1) is 21.2. The van der Waals surface area contributed by atoms with Crippen molar-refractivity contribution in [2.24, 2.45) is 0 Å². The van der Waals surface area contributed by atoms with Crippen LogP contribution in [-0.2, 0) is 15.5 Å². The summed E-state index contributed by atoms with van der Waals surface area (Å²) in [6.07, 6.45) is 0.921. The minimum absolute atomic E-state index is 0.0755. The van der Waals surface area contributed by atoms with E-state index in [1.165, 1.54) is 12.1 Å². The zero-order valence-corrected chi connectivity index (χ0v) is 19.2. The van der Waals surface area contributed by atoms with Crippen molar-refractivity contribution in [1.29, 1.82) is 0 Å². The van der Waals surface area contributed by atoms with E-state index in [1.807, 2.05) is 0 Å². The summed E-state index contributed by atoms with van der Waals surface area (Å²) >= 11 is 5.41. The molecule has 0 saturated heterocycles. The van der Waals surface area contributed by atoms with E-state index >= 15 is 0 Å². The maximum atomic E-state index is 14.1. The van der Waals surface area contributed by atoms with E-state index in [1.54, 1.807) is 12.1 Å². The number of carbonyl (C=O) groups excluding carboxylic acids is 1. The van der Waals surface area contributed by atoms with Crippen LogP contribution in [0, 0.1) is 11.6 Å². The van der Waals surface area contributed by atoms with Crippen LogP contribution in [0.1, 0.15) is 26.5 Å². The van der Waals surface area contributed by atoms with E-state index in [2.05, 4.69) is 64.8 Å². The number of carbonyl (C=O) groups is 1. The lowest BCUT2D eigenvalue weighted by atomic mass is 10.2. The summed E-state index contributed by atoms with van der Waals surface area (Å²) < 4.78 is 38.0. The maximum Gasteiger partial charge on any atom is 0.318 e. The molecule has 146 valence electrons. The van der Waals surface area contributed by atoms with Crippen molar-refractivity contribution in [3.8, 4) is 6.01 Å². The van der Waals surface area contributed by atoms with Crippen LogP contribution in [0.5, 0.6) is 6.01 Å². The average molecular weight is 628 g/mol. The van der Waals surface area contributed by atoms with Crippen LogP contribution >= 0.6 is 56.7 Å². The van der Waals surface area contributed by atoms with Crippen LogP contribution in [0.15, 0.2) is 30.5 Å². The summed E-state index contributed by atoms with van der Waals surface area (Å²) in [5.41, 5.74) is 2.37. The molecule has 0 fully saturated rings. The fraction of sp³-hybridized carbons (Fsp3) is 0.176. The Morgan fingerprint density at radius 2 is 1.93 bits per heavy atom. The molecule has 0 aliphatic carbocycles. The molecular formula is C17H12F2I2N4O2S. The van der Waals surface area contributed by atoms with E-state index < -0.39 is 11.7 Å². The first-order valence-electron chi connectivity index (χ1n) is 7.82. The van der Waals surface area contributed by atoms with E-state index in [0.717, 1.165) is 29.0 Å². The number of aromatic nitrogens is 3. The van der Waals surface area contributed by atoms with Gasteiger partial charge in [-0.15, -0.1) is 0 Å². The molecule has 1 aromatic carbocycles. The van der Waals surface area contributed by atoms with Gasteiger partial charge in [0.1, 0.15) is 17.3 Å². The van der Waals surface area contributed by atoms with Crippen molar-refractivity contribution in [3.63, 3.8) is 0 Å². The minimum atomic E-state index is -0.780. The smallest absolute Gasteiger partial charge is 0.318 e. The Morgan fingerprint density at radius 1 is 1.18 bits per heavy atom. The summed E-state index contributed by atoms with van der Waals surface area (Å²) in [4.78, 5) is 20.6. The van der Waals surface area contributed by atoms with Gasteiger partial charge in [-0.05, 0) is 29.2 Å². The number of alkyl halides is 2. The second-order valence-corrected chi connectivity index (χ2v) is 7.72. The molecule has 0 radical (unpaired) electrons. The summed E-state index contributed by atoms with van der Waals surface area (Å²) in [6.45, 7) is 0.0755. The molecule has 3 rings (SSSR count). The predicted molar refractivity (Wildman–Crippen MR) is 118 cm³/mol. The molecule has 2 aromatic heterocycles. The maximum absolute atomic E-state index is 14.1. The Labute approximate surface area is 190 Å². The summed E-state index contributed by atoms with van der Waals surface area (Å²) in [7, 11) is 0. The number of benzene rings is 1. The molecule has 28 heavy (non-hydrogen) atoms. The zero-order chi connectivity index (χ0) is 20.1. The van der Waals surface area contributed by atoms with Crippen molar-refractivity contribution in [2.75, 3.05) is 5.32 Å². The molecule has 0 saturated carbocycles. The van der Waals surface area contributed by atoms with Crippen molar-refractivity contribution >= 4 is 68.4 Å². The lowest BCUT2D eigenvalue weighted by Crippen LogP contribution is -2.15. The van der Waals surface area contributed by atoms with Gasteiger partial charge in [-0.2, -0.15) is 9.36 Å². The number of ether oxygens (including phenoxy) is 1. The first-order chi connectivity index (χ1) is 13.5. The van der Waals surface area contributed by atoms with Crippen LogP contribution in [-0.4, -0.2) is 20.2 Å². The first-order valence-corrected chi connectivity index (χ1v) is 11.6. The highest BCUT2D eigenvalue weighted by molar-refractivity contribution is 14.1. The molecule has 0 unspecified atom stereocenters. The summed E-state index contributed by atoms with van der Waals surface area (Å²) in [5.74, 6) is -1.90. The van der Waals surface area contributed by atoms with Crippen LogP contribution in [0.2, 0.25) is 0 Å². The molecule has 0 atom stereocenters. The van der Waals surface area contributed by atoms with Crippen molar-refractivity contribution in [3.05, 3.63) is 63.8 Å². The lowest BCUT2D eigenvalue weighted by Gasteiger charge is -2.08. The fourth-order valence-electron chi connectivity index (χ4n) is 2.16. The average Bonchev–Trinajstić information content (AvgIpc) is 3.13. The van der Waals surface area contributed by atoms with Gasteiger partial charge in [-0.25, -0.2) is 13.8 Å². The molecule has 11 heteroatoms. The molecule has 6 nitrogen and oxygen atoms in total. The van der Waals surface area contributed by atoms with Gasteiger partial charge in [-0.1, -0.05) is 57.3 Å². The molecule has 1 N–H and O–H groups in total. The second-order valence-electron chi connectivity index (χ2n) is 5.42. The van der Waals surface area contributed by atoms with E-state index in [-0.39, 0.29) is 24.3 Å². The van der Waals surface area contributed by atoms with E-state index in [4.69, 9.17) is 4.74 Å². The van der Waals surface area contributed by atoms with Crippen LogP contribution < -0.4 is 10.1 Å². The van der Waals surface area contributed by atoms with Crippen LogP contribution in [0.25, 0.3) is 0 Å². The molecular weight excluding hydrogens is 616 g/mol. The van der Waals surface area contributed by atoms with Gasteiger partial charge < -0.3 is 10.1 Å². The number of nitrogens with one attached hydrogen (secondary N) is 1. The van der Waals surface area contributed by atoms with Gasteiger partial charge in [-0.3, -0.25) is 4.79 Å². The molecule has 3 aromatic rings. The largest absolute Gasteiger partial charge is 0.459 e. The third-order valence-corrected chi connectivity index (χ3v) is 5.98. The van der Waals surface area contributed by atoms with Gasteiger partial charge in [0.05, 0.1) is 11.9 Å². The Hall–Kier alpha value is -1.48. The number of rotatable bonds is 7. The Bertz CT molecular complexity index is 986. The fourth-order valence-corrected chi connectivity index (χ4v) is 4.92. The molecule has 0 aliphatic rings. The number of anilines is 1. The quantitative estimate of drug-likeness (QED) is 0.298. The normalized spacial score (nSPS) is 10.7. The van der Waals surface area contributed by atoms with Crippen LogP contribution in [0.4, 0.5) is 14.6 Å². The van der Waals surface area contributed by atoms with Crippen molar-refractivity contribution in [2.45, 2.75) is 15.5 Å². The molecule has 1 amide bonds. The zero-order valence-electron chi connectivity index (χ0n) is 14.1. The third-order valence-electron chi connectivity index (χ3n) is 3.57. The predicted octanol–water partition coefficient (Wildman–Crippen LogP) is 4.91. The Kier molecular flexibility index (Phi) is 7.45. The third kappa shape index (κ3) is 5.11. The standard InChI is InChI=1S/C17H12F2I2N4O2S/c18-10-3-1-9(2-4-10)8-27-17-22-7-12(19)15(24-17)23-16(26)14-11(5-20)13(6-21)25-28-14/h1-4,7H,5-6,8H2,(H,22,23,24,26). The van der Waals surface area contributed by atoms with Crippen molar-refractivity contribution < 1.29 is 18.3 Å². The minimum Gasteiger partial charge on any atom is -0.459 e. The highest BCUT2D eigenvalue weighted by Gasteiger charge is 2.20. The highest BCUT2D eigenvalue weighted by Crippen LogP contribution is 2.25. The van der Waals surface area contributed by atoms with Gasteiger partial charge in [0, 0.05) is 14.4 Å². The lowest BCUT2D eigenvalue weighted by molar-refractivity contribution is 0.102. The van der Waals surface area contributed by atoms with Gasteiger partial charge >= 0.3 is 6.01 Å². The number of amides is 1.